The number of nitrogens with zero attached hydrogens (tertiary/aromatic N) is 1. The Morgan fingerprint density at radius 2 is 1.48 bits per heavy atom. The highest BCUT2D eigenvalue weighted by atomic mass is 16.2. The zero-order valence-corrected chi connectivity index (χ0v) is 17.1. The lowest BCUT2D eigenvalue weighted by Gasteiger charge is -2.52. The van der Waals surface area contributed by atoms with Crippen molar-refractivity contribution in [2.24, 2.45) is 0 Å². The molecule has 0 aromatic rings. The van der Waals surface area contributed by atoms with Gasteiger partial charge in [0.2, 0.25) is 5.91 Å². The summed E-state index contributed by atoms with van der Waals surface area (Å²) in [7, 11) is 0. The SMILES string of the molecule is CCCCCCCCCCCCN1C2CCCCC2NC(=O)C1(C)C. The maximum Gasteiger partial charge on any atom is 0.240 e. The van der Waals surface area contributed by atoms with Gasteiger partial charge in [-0.05, 0) is 39.7 Å². The highest BCUT2D eigenvalue weighted by Crippen LogP contribution is 2.33. The summed E-state index contributed by atoms with van der Waals surface area (Å²) in [5.74, 6) is 0.239. The minimum atomic E-state index is -0.336. The first-order chi connectivity index (χ1) is 12.1. The molecule has 1 aliphatic heterocycles. The van der Waals surface area contributed by atoms with Gasteiger partial charge in [-0.15, -0.1) is 0 Å². The number of nitrogens with one attached hydrogen (secondary N) is 1. The predicted octanol–water partition coefficient (Wildman–Crippen LogP) is 5.43. The summed E-state index contributed by atoms with van der Waals surface area (Å²) in [6, 6.07) is 0.970. The van der Waals surface area contributed by atoms with Crippen LogP contribution in [0.25, 0.3) is 0 Å². The first-order valence-corrected chi connectivity index (χ1v) is 11.1. The number of piperazine rings is 1. The van der Waals surface area contributed by atoms with Crippen LogP contribution in [0.2, 0.25) is 0 Å². The molecule has 1 aliphatic carbocycles. The summed E-state index contributed by atoms with van der Waals surface area (Å²) >= 11 is 0. The average molecular weight is 351 g/mol. The third kappa shape index (κ3) is 5.98. The number of fused-ring (bicyclic) bond motifs is 1. The van der Waals surface area contributed by atoms with E-state index in [0.29, 0.717) is 12.1 Å². The van der Waals surface area contributed by atoms with E-state index in [1.165, 1.54) is 89.9 Å². The third-order valence-electron chi connectivity index (χ3n) is 6.47. The van der Waals surface area contributed by atoms with Gasteiger partial charge in [0.25, 0.3) is 0 Å². The van der Waals surface area contributed by atoms with Crippen LogP contribution < -0.4 is 5.32 Å². The molecule has 0 spiro atoms. The van der Waals surface area contributed by atoms with Crippen molar-refractivity contribution in [3.8, 4) is 0 Å². The fourth-order valence-corrected chi connectivity index (χ4v) is 4.76. The van der Waals surface area contributed by atoms with Gasteiger partial charge >= 0.3 is 0 Å². The summed E-state index contributed by atoms with van der Waals surface area (Å²) < 4.78 is 0. The Hall–Kier alpha value is -0.570. The molecule has 2 unspecified atom stereocenters. The lowest BCUT2D eigenvalue weighted by Crippen LogP contribution is -2.70. The van der Waals surface area contributed by atoms with Gasteiger partial charge in [0, 0.05) is 12.1 Å². The molecule has 2 rings (SSSR count). The van der Waals surface area contributed by atoms with Crippen molar-refractivity contribution in [2.45, 2.75) is 128 Å². The van der Waals surface area contributed by atoms with E-state index in [0.717, 1.165) is 6.54 Å². The van der Waals surface area contributed by atoms with E-state index in [2.05, 4.69) is 31.0 Å². The molecular formula is C22H42N2O. The molecule has 0 aromatic carbocycles. The van der Waals surface area contributed by atoms with E-state index >= 15 is 0 Å². The first-order valence-electron chi connectivity index (χ1n) is 11.1. The molecule has 1 amide bonds. The summed E-state index contributed by atoms with van der Waals surface area (Å²) in [5.41, 5.74) is -0.336. The van der Waals surface area contributed by atoms with E-state index in [9.17, 15) is 4.79 Å². The second kappa shape index (κ2) is 10.5. The highest BCUT2D eigenvalue weighted by Gasteiger charge is 2.47. The Balaban J connectivity index is 1.65. The fraction of sp³-hybridized carbons (Fsp3) is 0.955. The van der Waals surface area contributed by atoms with Crippen LogP contribution in [0.4, 0.5) is 0 Å². The highest BCUT2D eigenvalue weighted by molar-refractivity contribution is 5.86. The minimum absolute atomic E-state index is 0.239. The molecule has 146 valence electrons. The van der Waals surface area contributed by atoms with E-state index in [-0.39, 0.29) is 11.4 Å². The number of hydrogen-bond donors (Lipinski definition) is 1. The van der Waals surface area contributed by atoms with Crippen molar-refractivity contribution < 1.29 is 4.79 Å². The number of amides is 1. The van der Waals surface area contributed by atoms with E-state index < -0.39 is 0 Å². The number of carbonyl (C=O) groups excluding carboxylic acids is 1. The van der Waals surface area contributed by atoms with Gasteiger partial charge in [0.15, 0.2) is 0 Å². The monoisotopic (exact) mass is 350 g/mol. The van der Waals surface area contributed by atoms with Gasteiger partial charge in [-0.1, -0.05) is 77.6 Å². The summed E-state index contributed by atoms with van der Waals surface area (Å²) in [6.45, 7) is 7.60. The van der Waals surface area contributed by atoms with Crippen molar-refractivity contribution in [3.05, 3.63) is 0 Å². The predicted molar refractivity (Wildman–Crippen MR) is 107 cm³/mol. The van der Waals surface area contributed by atoms with Crippen LogP contribution in [-0.2, 0) is 4.79 Å². The fourth-order valence-electron chi connectivity index (χ4n) is 4.76. The van der Waals surface area contributed by atoms with E-state index in [1.807, 2.05) is 0 Å². The molecule has 2 aliphatic rings. The molecule has 1 saturated carbocycles. The van der Waals surface area contributed by atoms with Crippen molar-refractivity contribution in [1.82, 2.24) is 10.2 Å². The second-order valence-electron chi connectivity index (χ2n) is 8.87. The Bertz CT molecular complexity index is 393. The quantitative estimate of drug-likeness (QED) is 0.504. The summed E-state index contributed by atoms with van der Waals surface area (Å²) in [6.07, 6.45) is 18.8. The minimum Gasteiger partial charge on any atom is -0.350 e. The molecule has 1 saturated heterocycles. The number of rotatable bonds is 11. The van der Waals surface area contributed by atoms with Gasteiger partial charge in [0.05, 0.1) is 5.54 Å². The van der Waals surface area contributed by atoms with E-state index in [4.69, 9.17) is 0 Å². The van der Waals surface area contributed by atoms with Crippen molar-refractivity contribution >= 4 is 5.91 Å². The molecule has 0 bridgehead atoms. The van der Waals surface area contributed by atoms with Crippen molar-refractivity contribution in [2.75, 3.05) is 6.54 Å². The Kier molecular flexibility index (Phi) is 8.75. The molecule has 0 aromatic heterocycles. The molecule has 0 radical (unpaired) electrons. The molecule has 1 heterocycles. The lowest BCUT2D eigenvalue weighted by molar-refractivity contribution is -0.142. The van der Waals surface area contributed by atoms with Gasteiger partial charge in [-0.3, -0.25) is 9.69 Å². The molecule has 3 nitrogen and oxygen atoms in total. The lowest BCUT2D eigenvalue weighted by atomic mass is 9.82. The molecule has 3 heteroatoms. The topological polar surface area (TPSA) is 32.3 Å². The number of carbonyl (C=O) groups is 1. The van der Waals surface area contributed by atoms with Crippen LogP contribution in [0.5, 0.6) is 0 Å². The smallest absolute Gasteiger partial charge is 0.240 e. The molecule has 2 atom stereocenters. The zero-order valence-electron chi connectivity index (χ0n) is 17.1. The Morgan fingerprint density at radius 1 is 0.920 bits per heavy atom. The van der Waals surface area contributed by atoms with Gasteiger partial charge in [-0.25, -0.2) is 0 Å². The van der Waals surface area contributed by atoms with Crippen LogP contribution in [0.3, 0.4) is 0 Å². The number of unbranched alkanes of at least 4 members (excludes halogenated alkanes) is 9. The molecule has 1 N–H and O–H groups in total. The standard InChI is InChI=1S/C22H42N2O/c1-4-5-6-7-8-9-10-11-12-15-18-24-20-17-14-13-16-19(20)23-21(25)22(24,2)3/h19-20H,4-18H2,1-3H3,(H,23,25). The number of hydrogen-bond acceptors (Lipinski definition) is 2. The molecule has 2 fully saturated rings. The Morgan fingerprint density at radius 3 is 2.12 bits per heavy atom. The van der Waals surface area contributed by atoms with E-state index in [1.54, 1.807) is 0 Å². The van der Waals surface area contributed by atoms with Crippen LogP contribution in [0, 0.1) is 0 Å². The summed E-state index contributed by atoms with van der Waals surface area (Å²) in [4.78, 5) is 15.1. The third-order valence-corrected chi connectivity index (χ3v) is 6.47. The average Bonchev–Trinajstić information content (AvgIpc) is 2.59. The van der Waals surface area contributed by atoms with Crippen molar-refractivity contribution in [1.29, 1.82) is 0 Å². The van der Waals surface area contributed by atoms with Crippen LogP contribution in [0.15, 0.2) is 0 Å². The van der Waals surface area contributed by atoms with Crippen molar-refractivity contribution in [3.63, 3.8) is 0 Å². The largest absolute Gasteiger partial charge is 0.350 e. The Labute approximate surface area is 156 Å². The van der Waals surface area contributed by atoms with Gasteiger partial charge in [0.1, 0.15) is 0 Å². The molecule has 25 heavy (non-hydrogen) atoms. The molecular weight excluding hydrogens is 308 g/mol. The maximum atomic E-state index is 12.5. The van der Waals surface area contributed by atoms with Gasteiger partial charge in [-0.2, -0.15) is 0 Å². The summed E-state index contributed by atoms with van der Waals surface area (Å²) in [5, 5.41) is 3.30. The van der Waals surface area contributed by atoms with Crippen LogP contribution in [-0.4, -0.2) is 35.0 Å². The van der Waals surface area contributed by atoms with Crippen LogP contribution in [0.1, 0.15) is 111 Å². The van der Waals surface area contributed by atoms with Gasteiger partial charge < -0.3 is 5.32 Å². The second-order valence-corrected chi connectivity index (χ2v) is 8.87. The van der Waals surface area contributed by atoms with Crippen LogP contribution >= 0.6 is 0 Å². The first kappa shape index (κ1) is 20.7. The normalized spacial score (nSPS) is 26.3. The maximum absolute atomic E-state index is 12.5. The zero-order chi connectivity index (χ0) is 18.1.